The maximum absolute atomic E-state index is 8.35. The molecule has 2 nitrogen and oxygen atoms in total. The second-order valence-corrected chi connectivity index (χ2v) is 1.55. The van der Waals surface area contributed by atoms with Gasteiger partial charge in [0.1, 0.15) is 0 Å². The van der Waals surface area contributed by atoms with E-state index in [0.29, 0.717) is 6.61 Å². The molecular weight excluding hydrogens is 232 g/mol. The van der Waals surface area contributed by atoms with Gasteiger partial charge >= 0.3 is 0 Å². The Morgan fingerprint density at radius 3 is 2.11 bits per heavy atom. The quantitative estimate of drug-likeness (QED) is 0.718. The Balaban J connectivity index is -0.000000180. The number of aliphatic hydroxyl groups excluding tert-OH is 1. The minimum absolute atomic E-state index is 0. The van der Waals surface area contributed by atoms with Crippen molar-refractivity contribution in [3.8, 4) is 0 Å². The molecule has 0 bridgehead atoms. The molecule has 0 saturated carbocycles. The predicted octanol–water partition coefficient (Wildman–Crippen LogP) is 0.214. The molecule has 0 fully saturated rings. The van der Waals surface area contributed by atoms with Crippen LogP contribution in [0.15, 0.2) is 0 Å². The molecule has 0 spiro atoms. The molecule has 9 heavy (non-hydrogen) atoms. The fraction of sp³-hybridized carbons (Fsp3) is 0.800. The summed E-state index contributed by atoms with van der Waals surface area (Å²) in [5.41, 5.74) is 0. The number of hydrogen-bond acceptors (Lipinski definition) is 2. The first-order chi connectivity index (χ1) is 3.31. The van der Waals surface area contributed by atoms with Crippen molar-refractivity contribution in [2.75, 3.05) is 20.3 Å². The van der Waals surface area contributed by atoms with E-state index >= 15 is 0 Å². The third-order valence-corrected chi connectivity index (χ3v) is 0.661. The van der Waals surface area contributed by atoms with Crippen LogP contribution in [0.2, 0.25) is 0 Å². The Kier molecular flexibility index (Phi) is 23.1. The van der Waals surface area contributed by atoms with Gasteiger partial charge in [-0.25, -0.2) is 0 Å². The minimum atomic E-state index is 0. The van der Waals surface area contributed by atoms with E-state index in [9.17, 15) is 0 Å². The van der Waals surface area contributed by atoms with E-state index in [1.807, 2.05) is 6.92 Å². The van der Waals surface area contributed by atoms with E-state index in [1.54, 1.807) is 7.11 Å². The monoisotopic (exact) mass is 243 g/mol. The van der Waals surface area contributed by atoms with Crippen molar-refractivity contribution in [3.05, 3.63) is 5.92 Å². The van der Waals surface area contributed by atoms with E-state index in [-0.39, 0.29) is 57.9 Å². The smallest absolute Gasteiger partial charge is 0.0319 e. The molecule has 0 saturated heterocycles. The molecule has 0 unspecified atom stereocenters. The molecule has 0 heterocycles. The summed E-state index contributed by atoms with van der Waals surface area (Å²) in [5, 5.41) is 8.35. The molecule has 0 aliphatic carbocycles. The van der Waals surface area contributed by atoms with Gasteiger partial charge in [0, 0.05) is 58.4 Å². The molecule has 0 atom stereocenters. The Labute approximate surface area is 93.5 Å². The molecule has 2 radical (unpaired) electrons. The summed E-state index contributed by atoms with van der Waals surface area (Å²) in [7, 11) is 1.61. The van der Waals surface area contributed by atoms with Gasteiger partial charge in [-0.1, -0.05) is 13.2 Å². The van der Waals surface area contributed by atoms with Crippen LogP contribution in [0.1, 0.15) is 6.92 Å². The first-order valence-electron chi connectivity index (χ1n) is 2.22. The van der Waals surface area contributed by atoms with Gasteiger partial charge in [-0.2, -0.15) is 6.92 Å². The minimum Gasteiger partial charge on any atom is -0.428 e. The zero-order valence-electron chi connectivity index (χ0n) is 5.79. The van der Waals surface area contributed by atoms with Crippen molar-refractivity contribution in [1.82, 2.24) is 0 Å². The fourth-order valence-electron chi connectivity index (χ4n) is 0.292. The van der Waals surface area contributed by atoms with Crippen molar-refractivity contribution in [2.24, 2.45) is 0 Å². The van der Waals surface area contributed by atoms with Crippen molar-refractivity contribution >= 4 is 0 Å². The van der Waals surface area contributed by atoms with Gasteiger partial charge in [-0.05, 0) is 0 Å². The molecule has 1 N–H and O–H groups in total. The summed E-state index contributed by atoms with van der Waals surface area (Å²) < 4.78 is 4.70. The third kappa shape index (κ3) is 12.7. The van der Waals surface area contributed by atoms with Gasteiger partial charge in [-0.3, -0.25) is 5.92 Å². The van der Waals surface area contributed by atoms with Gasteiger partial charge in [0.2, 0.25) is 0 Å². The zero-order chi connectivity index (χ0) is 5.70. The predicted molar refractivity (Wildman–Crippen MR) is 27.9 cm³/mol. The Hall–Kier alpha value is 1.61. The molecule has 0 amide bonds. The van der Waals surface area contributed by atoms with Crippen LogP contribution < -0.4 is 0 Å². The van der Waals surface area contributed by atoms with Crippen molar-refractivity contribution in [2.45, 2.75) is 6.92 Å². The normalized spacial score (nSPS) is 8.00. The average Bonchev–Trinajstić information content (AvgIpc) is 1.68. The molecule has 4 heteroatoms. The average molecular weight is 243 g/mol. The van der Waals surface area contributed by atoms with Crippen LogP contribution in [-0.4, -0.2) is 25.4 Å². The van der Waals surface area contributed by atoms with Crippen LogP contribution in [-0.2, 0) is 56.0 Å². The Morgan fingerprint density at radius 2 is 2.00 bits per heavy atom. The van der Waals surface area contributed by atoms with Crippen LogP contribution in [0.25, 0.3) is 0 Å². The first-order valence-corrected chi connectivity index (χ1v) is 2.22. The zero-order valence-corrected chi connectivity index (χ0v) is 10.0. The summed E-state index contributed by atoms with van der Waals surface area (Å²) in [4.78, 5) is 0. The number of hydrogen-bond donors (Lipinski definition) is 1. The van der Waals surface area contributed by atoms with Gasteiger partial charge < -0.3 is 9.84 Å². The third-order valence-electron chi connectivity index (χ3n) is 0.661. The van der Waals surface area contributed by atoms with Crippen LogP contribution >= 0.6 is 0 Å². The molecular formula is C5H11O2VY-. The Morgan fingerprint density at radius 1 is 1.56 bits per heavy atom. The largest absolute Gasteiger partial charge is 0.428 e. The van der Waals surface area contributed by atoms with E-state index in [2.05, 4.69) is 0 Å². The first kappa shape index (κ1) is 16.9. The summed E-state index contributed by atoms with van der Waals surface area (Å²) in [6, 6.07) is 0. The van der Waals surface area contributed by atoms with E-state index in [4.69, 9.17) is 9.84 Å². The van der Waals surface area contributed by atoms with Crippen molar-refractivity contribution in [1.29, 1.82) is 0 Å². The standard InChI is InChI=1S/C5H11O2.V.Y/c1-5(3-6)4-7-2;;/h6H,3-4H2,1-2H3;;/q-1;;. The summed E-state index contributed by atoms with van der Waals surface area (Å²) >= 11 is 0. The number of methoxy groups -OCH3 is 1. The summed E-state index contributed by atoms with van der Waals surface area (Å²) in [5.74, 6) is 0.961. The van der Waals surface area contributed by atoms with Crippen LogP contribution in [0.3, 0.4) is 0 Å². The molecule has 0 aliphatic rings. The van der Waals surface area contributed by atoms with E-state index < -0.39 is 0 Å². The topological polar surface area (TPSA) is 29.5 Å². The number of ether oxygens (including phenoxy) is 1. The number of rotatable bonds is 3. The van der Waals surface area contributed by atoms with Crippen LogP contribution in [0, 0.1) is 5.92 Å². The maximum atomic E-state index is 8.35. The second-order valence-electron chi connectivity index (χ2n) is 1.55. The van der Waals surface area contributed by atoms with Gasteiger partial charge in [0.25, 0.3) is 0 Å². The van der Waals surface area contributed by atoms with Crippen LogP contribution in [0.4, 0.5) is 0 Å². The van der Waals surface area contributed by atoms with Crippen molar-refractivity contribution < 1.29 is 61.1 Å². The molecule has 52 valence electrons. The fourth-order valence-corrected chi connectivity index (χ4v) is 0.292. The SMILES string of the molecule is COC[C-](C)CO.[V].[Y]. The summed E-state index contributed by atoms with van der Waals surface area (Å²) in [6.45, 7) is 2.55. The van der Waals surface area contributed by atoms with E-state index in [0.717, 1.165) is 5.92 Å². The number of aliphatic hydroxyl groups is 1. The van der Waals surface area contributed by atoms with Crippen LogP contribution in [0.5, 0.6) is 0 Å². The maximum Gasteiger partial charge on any atom is 0.0319 e. The summed E-state index contributed by atoms with van der Waals surface area (Å²) in [6.07, 6.45) is 0. The van der Waals surface area contributed by atoms with Crippen molar-refractivity contribution in [3.63, 3.8) is 0 Å². The molecule has 0 aromatic rings. The second kappa shape index (κ2) is 12.3. The Bertz CT molecular complexity index is 45.9. The van der Waals surface area contributed by atoms with Gasteiger partial charge in [-0.15, -0.1) is 0 Å². The molecule has 0 aromatic heterocycles. The molecule has 0 aromatic carbocycles. The van der Waals surface area contributed by atoms with Gasteiger partial charge in [0.15, 0.2) is 0 Å². The van der Waals surface area contributed by atoms with Gasteiger partial charge in [0.05, 0.1) is 0 Å². The molecule has 0 aliphatic heterocycles. The van der Waals surface area contributed by atoms with E-state index in [1.165, 1.54) is 0 Å². The molecule has 0 rings (SSSR count).